The number of sulfone groups is 1. The molecule has 5 aromatic rings. The van der Waals surface area contributed by atoms with Crippen LogP contribution in [-0.2, 0) is 65.9 Å². The lowest BCUT2D eigenvalue weighted by atomic mass is 10.1. The Kier molecular flexibility index (Phi) is 13.8. The maximum absolute atomic E-state index is 12.7. The summed E-state index contributed by atoms with van der Waals surface area (Å²) in [6.07, 6.45) is 0. The quantitative estimate of drug-likeness (QED) is 0.0310. The third-order valence-electron chi connectivity index (χ3n) is 8.18. The molecule has 8 N–H and O–H groups in total. The molecule has 0 aliphatic rings. The van der Waals surface area contributed by atoms with Crippen molar-refractivity contribution >= 4 is 123 Å². The number of hydrogen-bond acceptors (Lipinski definition) is 21. The second-order valence-electron chi connectivity index (χ2n) is 12.3. The number of rotatable bonds is 16. The Balaban J connectivity index is 1.59. The van der Waals surface area contributed by atoms with Gasteiger partial charge >= 0.3 is 10.4 Å². The fraction of sp³-hybridized carbons (Fsp3) is 0.0625. The summed E-state index contributed by atoms with van der Waals surface area (Å²) in [5, 5.41) is 23.4. The number of hydrogen-bond donors (Lipinski definition) is 6. The van der Waals surface area contributed by atoms with Crippen LogP contribution in [0.5, 0.6) is 0 Å². The van der Waals surface area contributed by atoms with Gasteiger partial charge < -0.3 is 16.0 Å². The average molecular weight is 988 g/mol. The number of fused-ring (bicyclic) bond motifs is 1. The Morgan fingerprint density at radius 1 is 0.603 bits per heavy atom. The Hall–Kier alpha value is -5.84. The number of nitrogens with two attached hydrogens (primary N) is 2. The topological polar surface area (TPSA) is 427 Å². The standard InChI is InChI=1S/C32H28N8O17S6/c1-17(58(41)42)18-2-4-19(5-3-18)35-39-27-16-29(62(51,52)53)31(34)32(30(27)33)40-37-25-11-10-24(22-8-6-21(14-23(22)25)60(45,46)47)36-38-26-9-7-20(15-28(26)61(48,49)50)59(43,44)13-12-57-63(54,55)56/h2-11,14-16H,1,12-13,33-34H2,(H,41,42)(H,45,46,47)(H,48,49,50)(H,51,52,53)(H,54,55,56)/p-1. The summed E-state index contributed by atoms with van der Waals surface area (Å²) >= 11 is -2.60. The van der Waals surface area contributed by atoms with E-state index >= 15 is 0 Å². The number of anilines is 2. The maximum Gasteiger partial charge on any atom is 0.397 e. The summed E-state index contributed by atoms with van der Waals surface area (Å²) in [6.45, 7) is 2.38. The Morgan fingerprint density at radius 3 is 1.71 bits per heavy atom. The molecule has 0 bridgehead atoms. The van der Waals surface area contributed by atoms with Gasteiger partial charge in [0.25, 0.3) is 30.4 Å². The van der Waals surface area contributed by atoms with Gasteiger partial charge in [-0.3, -0.25) is 22.4 Å². The van der Waals surface area contributed by atoms with Crippen LogP contribution in [0.25, 0.3) is 15.7 Å². The van der Waals surface area contributed by atoms with Gasteiger partial charge in [0.2, 0.25) is 0 Å². The second-order valence-corrected chi connectivity index (χ2v) is 20.7. The third-order valence-corrected chi connectivity index (χ3v) is 13.6. The minimum Gasteiger partial charge on any atom is -0.768 e. The van der Waals surface area contributed by atoms with Crippen molar-refractivity contribution in [3.63, 3.8) is 0 Å². The van der Waals surface area contributed by atoms with Crippen molar-refractivity contribution in [3.05, 3.63) is 91.0 Å². The summed E-state index contributed by atoms with van der Waals surface area (Å²) in [5.41, 5.74) is 9.44. The molecule has 0 aliphatic heterocycles. The van der Waals surface area contributed by atoms with Crippen LogP contribution < -0.4 is 11.5 Å². The van der Waals surface area contributed by atoms with E-state index in [0.29, 0.717) is 6.07 Å². The highest BCUT2D eigenvalue weighted by Gasteiger charge is 2.25. The minimum atomic E-state index is -5.23. The summed E-state index contributed by atoms with van der Waals surface area (Å²) in [7, 11) is -24.7. The molecular formula is C32H27N8O17S6-. The van der Waals surface area contributed by atoms with Crippen molar-refractivity contribution in [1.29, 1.82) is 0 Å². The zero-order chi connectivity index (χ0) is 46.9. The van der Waals surface area contributed by atoms with Crippen LogP contribution in [0, 0.1) is 0 Å². The van der Waals surface area contributed by atoms with Crippen LogP contribution in [0.1, 0.15) is 5.56 Å². The summed E-state index contributed by atoms with van der Waals surface area (Å²) < 4.78 is 185. The van der Waals surface area contributed by atoms with Gasteiger partial charge in [-0.1, -0.05) is 24.8 Å². The van der Waals surface area contributed by atoms with Crippen LogP contribution in [0.4, 0.5) is 45.5 Å². The van der Waals surface area contributed by atoms with Gasteiger partial charge in [-0.25, -0.2) is 12.6 Å². The normalized spacial score (nSPS) is 13.7. The molecular weight excluding hydrogens is 961 g/mol. The van der Waals surface area contributed by atoms with E-state index in [1.165, 1.54) is 30.3 Å². The molecule has 0 spiro atoms. The van der Waals surface area contributed by atoms with E-state index in [1.54, 1.807) is 0 Å². The number of benzene rings is 5. The zero-order valence-electron chi connectivity index (χ0n) is 31.0. The van der Waals surface area contributed by atoms with E-state index in [9.17, 15) is 64.5 Å². The fourth-order valence-electron chi connectivity index (χ4n) is 5.18. The average Bonchev–Trinajstić information content (AvgIpc) is 3.17. The van der Waals surface area contributed by atoms with Crippen molar-refractivity contribution in [2.24, 2.45) is 30.7 Å². The van der Waals surface area contributed by atoms with Crippen molar-refractivity contribution in [1.82, 2.24) is 0 Å². The molecule has 63 heavy (non-hydrogen) atoms. The smallest absolute Gasteiger partial charge is 0.397 e. The molecule has 1 atom stereocenters. The Bertz CT molecular complexity index is 3400. The molecule has 25 nitrogen and oxygen atoms in total. The number of nitrogens with zero attached hydrogens (tertiary/aromatic N) is 6. The Labute approximate surface area is 359 Å². The monoisotopic (exact) mass is 987 g/mol. The van der Waals surface area contributed by atoms with Gasteiger partial charge in [-0.2, -0.15) is 38.8 Å². The Morgan fingerprint density at radius 2 is 1.14 bits per heavy atom. The highest BCUT2D eigenvalue weighted by atomic mass is 32.3. The van der Waals surface area contributed by atoms with E-state index in [1.807, 2.05) is 0 Å². The molecule has 0 radical (unpaired) electrons. The van der Waals surface area contributed by atoms with E-state index in [0.717, 1.165) is 42.5 Å². The minimum absolute atomic E-state index is 0.0211. The summed E-state index contributed by atoms with van der Waals surface area (Å²) in [6, 6.07) is 13.6. The predicted octanol–water partition coefficient (Wildman–Crippen LogP) is 5.43. The van der Waals surface area contributed by atoms with Gasteiger partial charge in [0.1, 0.15) is 26.9 Å². The highest BCUT2D eigenvalue weighted by Crippen LogP contribution is 2.44. The zero-order valence-corrected chi connectivity index (χ0v) is 35.9. The molecule has 0 aliphatic carbocycles. The van der Waals surface area contributed by atoms with Gasteiger partial charge in [0, 0.05) is 15.7 Å². The van der Waals surface area contributed by atoms with Gasteiger partial charge in [-0.15, -0.1) is 25.6 Å². The molecule has 5 rings (SSSR count). The molecule has 0 fully saturated rings. The molecule has 0 saturated heterocycles. The first-order chi connectivity index (χ1) is 29.1. The molecule has 31 heteroatoms. The SMILES string of the molecule is C=C(c1ccc(N=Nc2cc(S(=O)(=O)O)c(N)c(N=Nc3ccc(N=Nc4ccc(S(=O)(=O)CCOS(=O)(=O)O)cc4S(=O)(=O)O)c4ccc(S(=O)(=O)O)cc34)c2N)cc1)S(=O)[O-]. The van der Waals surface area contributed by atoms with Crippen LogP contribution in [0.2, 0.25) is 0 Å². The van der Waals surface area contributed by atoms with Gasteiger partial charge in [0.05, 0.1) is 50.6 Å². The first kappa shape index (κ1) is 48.2. The molecule has 5 aromatic carbocycles. The van der Waals surface area contributed by atoms with Crippen LogP contribution in [0.3, 0.4) is 0 Å². The summed E-state index contributed by atoms with van der Waals surface area (Å²) in [5.74, 6) is -1.05. The summed E-state index contributed by atoms with van der Waals surface area (Å²) in [4.78, 5) is -3.63. The van der Waals surface area contributed by atoms with E-state index in [-0.39, 0.29) is 38.3 Å². The van der Waals surface area contributed by atoms with Crippen LogP contribution in [-0.4, -0.2) is 81.4 Å². The van der Waals surface area contributed by atoms with E-state index in [4.69, 9.17) is 16.0 Å². The van der Waals surface area contributed by atoms with E-state index in [2.05, 4.69) is 41.4 Å². The van der Waals surface area contributed by atoms with Gasteiger partial charge in [0.15, 0.2) is 9.84 Å². The molecule has 1 unspecified atom stereocenters. The third kappa shape index (κ3) is 11.8. The highest BCUT2D eigenvalue weighted by molar-refractivity contribution is 7.91. The first-order valence-corrected chi connectivity index (χ1v) is 24.8. The van der Waals surface area contributed by atoms with Gasteiger partial charge in [-0.05, 0) is 77.3 Å². The van der Waals surface area contributed by atoms with Crippen molar-refractivity contribution in [2.75, 3.05) is 23.8 Å². The first-order valence-electron chi connectivity index (χ1n) is 16.4. The van der Waals surface area contributed by atoms with Crippen molar-refractivity contribution in [3.8, 4) is 0 Å². The van der Waals surface area contributed by atoms with E-state index < -0.39 is 122 Å². The lowest BCUT2D eigenvalue weighted by Crippen LogP contribution is -2.16. The molecule has 0 aromatic heterocycles. The number of azo groups is 3. The lowest BCUT2D eigenvalue weighted by molar-refractivity contribution is 0.284. The second kappa shape index (κ2) is 18.1. The largest absolute Gasteiger partial charge is 0.768 e. The maximum atomic E-state index is 12.7. The fourth-order valence-corrected chi connectivity index (χ4v) is 8.88. The molecule has 0 saturated carbocycles. The predicted molar refractivity (Wildman–Crippen MR) is 222 cm³/mol. The lowest BCUT2D eigenvalue weighted by Gasteiger charge is -2.11. The molecule has 334 valence electrons. The number of nitrogen functional groups attached to an aromatic ring is 2. The van der Waals surface area contributed by atoms with Crippen LogP contribution in [0.15, 0.2) is 136 Å². The van der Waals surface area contributed by atoms with Crippen LogP contribution >= 0.6 is 0 Å². The molecule has 0 amide bonds. The molecule has 0 heterocycles. The van der Waals surface area contributed by atoms with Crippen molar-refractivity contribution in [2.45, 2.75) is 19.6 Å². The van der Waals surface area contributed by atoms with Crippen molar-refractivity contribution < 1.29 is 73.2 Å².